The minimum Gasteiger partial charge on any atom is -0.336 e. The van der Waals surface area contributed by atoms with Crippen molar-refractivity contribution in [3.05, 3.63) is 24.0 Å². The van der Waals surface area contributed by atoms with Crippen LogP contribution in [0.3, 0.4) is 0 Å². The monoisotopic (exact) mass is 246 g/mol. The Hall–Kier alpha value is -1.50. The summed E-state index contributed by atoms with van der Waals surface area (Å²) in [6.07, 6.45) is 0.510. The van der Waals surface area contributed by atoms with E-state index in [1.807, 2.05) is 0 Å². The van der Waals surface area contributed by atoms with E-state index in [4.69, 9.17) is 0 Å². The third kappa shape index (κ3) is 2.35. The first-order chi connectivity index (χ1) is 7.48. The maximum Gasteiger partial charge on any atom is 0.446 e. The summed E-state index contributed by atoms with van der Waals surface area (Å²) in [4.78, 5) is 16.9. The smallest absolute Gasteiger partial charge is 0.336 e. The van der Waals surface area contributed by atoms with E-state index in [1.54, 1.807) is 0 Å². The van der Waals surface area contributed by atoms with Gasteiger partial charge >= 0.3 is 5.51 Å². The van der Waals surface area contributed by atoms with Crippen LogP contribution in [0.1, 0.15) is 10.6 Å². The Morgan fingerprint density at radius 1 is 1.38 bits per heavy atom. The van der Waals surface area contributed by atoms with Gasteiger partial charge in [0.25, 0.3) is 0 Å². The number of rotatable bonds is 2. The van der Waals surface area contributed by atoms with E-state index in [2.05, 4.69) is 9.97 Å². The number of nitrogens with one attached hydrogen (secondary N) is 1. The second kappa shape index (κ2) is 3.82. The fourth-order valence-electron chi connectivity index (χ4n) is 1.26. The normalized spacial score (nSPS) is 11.9. The van der Waals surface area contributed by atoms with Gasteiger partial charge in [-0.2, -0.15) is 13.2 Å². The fourth-order valence-corrected chi connectivity index (χ4v) is 1.83. The highest BCUT2D eigenvalue weighted by Crippen LogP contribution is 2.37. The quantitative estimate of drug-likeness (QED) is 0.654. The molecule has 0 spiro atoms. The number of carbonyl (C=O) groups is 1. The van der Waals surface area contributed by atoms with Crippen LogP contribution in [0, 0.1) is 0 Å². The third-order valence-electron chi connectivity index (χ3n) is 1.82. The number of hydrogen-bond donors (Lipinski definition) is 1. The highest BCUT2D eigenvalue weighted by atomic mass is 32.2. The molecule has 3 nitrogen and oxygen atoms in total. The van der Waals surface area contributed by atoms with Crippen LogP contribution in [-0.2, 0) is 0 Å². The van der Waals surface area contributed by atoms with Crippen molar-refractivity contribution >= 4 is 29.1 Å². The lowest BCUT2D eigenvalue weighted by atomic mass is 10.3. The molecule has 1 aromatic heterocycles. The van der Waals surface area contributed by atoms with E-state index >= 15 is 0 Å². The maximum atomic E-state index is 12.1. The van der Waals surface area contributed by atoms with Crippen LogP contribution in [0.15, 0.2) is 23.1 Å². The molecule has 0 bridgehead atoms. The van der Waals surface area contributed by atoms with Crippen molar-refractivity contribution in [3.8, 4) is 0 Å². The van der Waals surface area contributed by atoms with Crippen LogP contribution < -0.4 is 0 Å². The van der Waals surface area contributed by atoms with Crippen molar-refractivity contribution < 1.29 is 18.0 Å². The Bertz CT molecular complexity index is 535. The Kier molecular flexibility index (Phi) is 2.63. The van der Waals surface area contributed by atoms with Gasteiger partial charge in [0.05, 0.1) is 11.0 Å². The standard InChI is InChI=1S/C9H5F3N2OS/c10-9(11,12)16-5-1-2-6-7(3-5)14-8(4-15)13-6/h1-4H,(H,13,14). The van der Waals surface area contributed by atoms with Crippen LogP contribution in [0.5, 0.6) is 0 Å². The fraction of sp³-hybridized carbons (Fsp3) is 0.111. The Balaban J connectivity index is 2.39. The molecular formula is C9H5F3N2OS. The van der Waals surface area contributed by atoms with Gasteiger partial charge in [0.2, 0.25) is 0 Å². The van der Waals surface area contributed by atoms with Crippen molar-refractivity contribution in [3.63, 3.8) is 0 Å². The molecule has 16 heavy (non-hydrogen) atoms. The molecule has 0 atom stereocenters. The number of halogens is 3. The molecule has 0 aliphatic rings. The highest BCUT2D eigenvalue weighted by Gasteiger charge is 2.29. The molecule has 1 aromatic carbocycles. The van der Waals surface area contributed by atoms with Crippen molar-refractivity contribution in [2.24, 2.45) is 0 Å². The predicted molar refractivity (Wildman–Crippen MR) is 53.4 cm³/mol. The number of aromatic amines is 1. The molecule has 0 saturated carbocycles. The summed E-state index contributed by atoms with van der Waals surface area (Å²) >= 11 is -0.210. The molecule has 0 aliphatic carbocycles. The van der Waals surface area contributed by atoms with E-state index < -0.39 is 5.51 Å². The van der Waals surface area contributed by atoms with E-state index in [0.29, 0.717) is 17.3 Å². The number of benzene rings is 1. The average molecular weight is 246 g/mol. The number of carbonyl (C=O) groups excluding carboxylic acids is 1. The van der Waals surface area contributed by atoms with Gasteiger partial charge in [-0.15, -0.1) is 0 Å². The number of nitrogens with zero attached hydrogens (tertiary/aromatic N) is 1. The molecule has 0 aliphatic heterocycles. The predicted octanol–water partition coefficient (Wildman–Crippen LogP) is 2.99. The van der Waals surface area contributed by atoms with Crippen molar-refractivity contribution in [2.75, 3.05) is 0 Å². The zero-order valence-corrected chi connectivity index (χ0v) is 8.52. The van der Waals surface area contributed by atoms with Gasteiger partial charge < -0.3 is 4.98 Å². The zero-order valence-electron chi connectivity index (χ0n) is 7.71. The topological polar surface area (TPSA) is 45.8 Å². The number of aldehydes is 1. The number of fused-ring (bicyclic) bond motifs is 1. The average Bonchev–Trinajstić information content (AvgIpc) is 2.57. The first-order valence-electron chi connectivity index (χ1n) is 4.18. The Morgan fingerprint density at radius 3 is 2.75 bits per heavy atom. The van der Waals surface area contributed by atoms with Crippen LogP contribution in [0.4, 0.5) is 13.2 Å². The van der Waals surface area contributed by atoms with E-state index in [9.17, 15) is 18.0 Å². The molecular weight excluding hydrogens is 241 g/mol. The third-order valence-corrected chi connectivity index (χ3v) is 2.54. The molecule has 84 valence electrons. The summed E-state index contributed by atoms with van der Waals surface area (Å²) in [5.74, 6) is 0.101. The summed E-state index contributed by atoms with van der Waals surface area (Å²) in [7, 11) is 0. The molecule has 1 heterocycles. The number of H-pyrrole nitrogens is 1. The molecule has 1 N–H and O–H groups in total. The summed E-state index contributed by atoms with van der Waals surface area (Å²) in [5, 5.41) is 0. The first-order valence-corrected chi connectivity index (χ1v) is 5.00. The number of alkyl halides is 3. The van der Waals surface area contributed by atoms with Gasteiger partial charge in [0.1, 0.15) is 0 Å². The lowest BCUT2D eigenvalue weighted by Crippen LogP contribution is -1.98. The van der Waals surface area contributed by atoms with Gasteiger partial charge in [-0.25, -0.2) is 4.98 Å². The van der Waals surface area contributed by atoms with E-state index in [1.165, 1.54) is 18.2 Å². The minimum atomic E-state index is -4.32. The van der Waals surface area contributed by atoms with Gasteiger partial charge in [-0.3, -0.25) is 4.79 Å². The molecule has 7 heteroatoms. The highest BCUT2D eigenvalue weighted by molar-refractivity contribution is 8.00. The van der Waals surface area contributed by atoms with Crippen LogP contribution in [-0.4, -0.2) is 21.8 Å². The van der Waals surface area contributed by atoms with E-state index in [-0.39, 0.29) is 22.5 Å². The second-order valence-corrected chi connectivity index (χ2v) is 4.11. The van der Waals surface area contributed by atoms with E-state index in [0.717, 1.165) is 0 Å². The summed E-state index contributed by atoms with van der Waals surface area (Å²) in [6.45, 7) is 0. The molecule has 2 aromatic rings. The number of hydrogen-bond acceptors (Lipinski definition) is 3. The molecule has 0 unspecified atom stereocenters. The van der Waals surface area contributed by atoms with Gasteiger partial charge in [-0.1, -0.05) is 0 Å². The summed E-state index contributed by atoms with van der Waals surface area (Å²) in [6, 6.07) is 4.08. The summed E-state index contributed by atoms with van der Waals surface area (Å²) < 4.78 is 36.3. The lowest BCUT2D eigenvalue weighted by Gasteiger charge is -2.04. The van der Waals surface area contributed by atoms with Crippen LogP contribution in [0.25, 0.3) is 11.0 Å². The molecule has 0 fully saturated rings. The zero-order chi connectivity index (χ0) is 11.8. The van der Waals surface area contributed by atoms with Crippen LogP contribution >= 0.6 is 11.8 Å². The first kappa shape index (κ1) is 11.0. The van der Waals surface area contributed by atoms with Gasteiger partial charge in [-0.05, 0) is 30.0 Å². The molecule has 2 rings (SSSR count). The number of imidazole rings is 1. The molecule has 0 radical (unpaired) electrons. The molecule has 0 amide bonds. The Labute approximate surface area is 92.1 Å². The summed E-state index contributed by atoms with van der Waals surface area (Å²) in [5.41, 5.74) is -3.44. The van der Waals surface area contributed by atoms with Crippen molar-refractivity contribution in [1.29, 1.82) is 0 Å². The SMILES string of the molecule is O=Cc1nc2cc(SC(F)(F)F)ccc2[nH]1. The largest absolute Gasteiger partial charge is 0.446 e. The minimum absolute atomic E-state index is 0.0453. The number of thioether (sulfide) groups is 1. The Morgan fingerprint density at radius 2 is 2.12 bits per heavy atom. The lowest BCUT2D eigenvalue weighted by molar-refractivity contribution is -0.0328. The second-order valence-electron chi connectivity index (χ2n) is 2.97. The van der Waals surface area contributed by atoms with Gasteiger partial charge in [0, 0.05) is 4.90 Å². The number of aromatic nitrogens is 2. The molecule has 0 saturated heterocycles. The van der Waals surface area contributed by atoms with Crippen molar-refractivity contribution in [2.45, 2.75) is 10.4 Å². The van der Waals surface area contributed by atoms with Crippen LogP contribution in [0.2, 0.25) is 0 Å². The van der Waals surface area contributed by atoms with Crippen molar-refractivity contribution in [1.82, 2.24) is 9.97 Å². The van der Waals surface area contributed by atoms with Gasteiger partial charge in [0.15, 0.2) is 12.1 Å². The maximum absolute atomic E-state index is 12.1.